The minimum absolute atomic E-state index is 0.227. The number of hydrogen-bond acceptors (Lipinski definition) is 4. The Balaban J connectivity index is 2.69. The maximum Gasteiger partial charge on any atom is 0.271 e. The molecule has 2 rings (SSSR count). The SMILES string of the molecule is Cc1nc(-c2cc(N)c(=O)[nH]c2C)c(C)s1. The fourth-order valence-corrected chi connectivity index (χ4v) is 2.50. The number of anilines is 1. The molecule has 5 heteroatoms. The molecule has 0 saturated heterocycles. The van der Waals surface area contributed by atoms with Crippen LogP contribution in [0.4, 0.5) is 5.69 Å². The van der Waals surface area contributed by atoms with Crippen LogP contribution in [0.5, 0.6) is 0 Å². The van der Waals surface area contributed by atoms with Crippen molar-refractivity contribution in [3.8, 4) is 11.3 Å². The molecule has 0 radical (unpaired) electrons. The van der Waals surface area contributed by atoms with Crippen molar-refractivity contribution < 1.29 is 0 Å². The van der Waals surface area contributed by atoms with Gasteiger partial charge in [0, 0.05) is 16.1 Å². The van der Waals surface area contributed by atoms with Gasteiger partial charge in [-0.3, -0.25) is 4.79 Å². The van der Waals surface area contributed by atoms with Gasteiger partial charge in [0.05, 0.1) is 16.4 Å². The maximum absolute atomic E-state index is 11.3. The highest BCUT2D eigenvalue weighted by molar-refractivity contribution is 7.11. The van der Waals surface area contributed by atoms with Gasteiger partial charge in [0.25, 0.3) is 5.56 Å². The normalized spacial score (nSPS) is 10.7. The Kier molecular flexibility index (Phi) is 2.55. The molecular formula is C11H13N3OS. The van der Waals surface area contributed by atoms with Crippen molar-refractivity contribution in [2.45, 2.75) is 20.8 Å². The number of pyridine rings is 1. The van der Waals surface area contributed by atoms with Crippen LogP contribution in [0.3, 0.4) is 0 Å². The van der Waals surface area contributed by atoms with Gasteiger partial charge in [-0.1, -0.05) is 0 Å². The predicted octanol–water partition coefficient (Wildman–Crippen LogP) is 2.01. The van der Waals surface area contributed by atoms with Crippen molar-refractivity contribution in [3.63, 3.8) is 0 Å². The highest BCUT2D eigenvalue weighted by atomic mass is 32.1. The number of thiazole rings is 1. The Labute approximate surface area is 97.2 Å². The van der Waals surface area contributed by atoms with Gasteiger partial charge < -0.3 is 10.7 Å². The molecule has 84 valence electrons. The number of nitrogen functional groups attached to an aromatic ring is 1. The maximum atomic E-state index is 11.3. The Morgan fingerprint density at radius 1 is 1.38 bits per heavy atom. The molecule has 4 nitrogen and oxygen atoms in total. The first-order valence-corrected chi connectivity index (χ1v) is 5.74. The first-order chi connectivity index (χ1) is 7.49. The molecule has 2 aromatic heterocycles. The van der Waals surface area contributed by atoms with Gasteiger partial charge >= 0.3 is 0 Å². The van der Waals surface area contributed by atoms with Crippen molar-refractivity contribution in [1.29, 1.82) is 0 Å². The first kappa shape index (κ1) is 10.9. The number of nitrogens with zero attached hydrogens (tertiary/aromatic N) is 1. The van der Waals surface area contributed by atoms with E-state index in [2.05, 4.69) is 9.97 Å². The van der Waals surface area contributed by atoms with E-state index in [1.165, 1.54) is 0 Å². The quantitative estimate of drug-likeness (QED) is 0.794. The highest BCUT2D eigenvalue weighted by Gasteiger charge is 2.12. The molecule has 0 aliphatic heterocycles. The Morgan fingerprint density at radius 2 is 2.06 bits per heavy atom. The molecule has 0 saturated carbocycles. The summed E-state index contributed by atoms with van der Waals surface area (Å²) in [4.78, 5) is 19.6. The fourth-order valence-electron chi connectivity index (χ4n) is 1.66. The van der Waals surface area contributed by atoms with E-state index in [9.17, 15) is 4.79 Å². The van der Waals surface area contributed by atoms with Gasteiger partial charge in [-0.2, -0.15) is 0 Å². The average Bonchev–Trinajstić information content (AvgIpc) is 2.51. The van der Waals surface area contributed by atoms with Gasteiger partial charge in [-0.05, 0) is 26.8 Å². The summed E-state index contributed by atoms with van der Waals surface area (Å²) < 4.78 is 0. The number of aromatic nitrogens is 2. The second kappa shape index (κ2) is 3.75. The molecule has 16 heavy (non-hydrogen) atoms. The third-order valence-corrected chi connectivity index (χ3v) is 3.31. The van der Waals surface area contributed by atoms with Gasteiger partial charge in [0.2, 0.25) is 0 Å². The summed E-state index contributed by atoms with van der Waals surface area (Å²) in [6.07, 6.45) is 0. The molecule has 0 unspecified atom stereocenters. The molecular weight excluding hydrogens is 222 g/mol. The van der Waals surface area contributed by atoms with E-state index in [-0.39, 0.29) is 11.2 Å². The molecule has 0 atom stereocenters. The van der Waals surface area contributed by atoms with E-state index in [0.717, 1.165) is 26.8 Å². The third kappa shape index (κ3) is 1.74. The lowest BCUT2D eigenvalue weighted by Gasteiger charge is -2.04. The van der Waals surface area contributed by atoms with Crippen molar-refractivity contribution >= 4 is 17.0 Å². The summed E-state index contributed by atoms with van der Waals surface area (Å²) in [5.41, 5.74) is 8.20. The number of hydrogen-bond donors (Lipinski definition) is 2. The Hall–Kier alpha value is -1.62. The number of nitrogens with two attached hydrogens (primary N) is 1. The van der Waals surface area contributed by atoms with Crippen LogP contribution in [0.15, 0.2) is 10.9 Å². The van der Waals surface area contributed by atoms with Crippen LogP contribution in [-0.2, 0) is 0 Å². The van der Waals surface area contributed by atoms with Crippen molar-refractivity contribution in [2.24, 2.45) is 0 Å². The number of aromatic amines is 1. The van der Waals surface area contributed by atoms with E-state index < -0.39 is 0 Å². The molecule has 0 amide bonds. The minimum atomic E-state index is -0.245. The Morgan fingerprint density at radius 3 is 2.62 bits per heavy atom. The first-order valence-electron chi connectivity index (χ1n) is 4.93. The van der Waals surface area contributed by atoms with Gasteiger partial charge in [0.15, 0.2) is 0 Å². The lowest BCUT2D eigenvalue weighted by Crippen LogP contribution is -2.13. The van der Waals surface area contributed by atoms with Crippen molar-refractivity contribution in [1.82, 2.24) is 9.97 Å². The zero-order chi connectivity index (χ0) is 11.9. The standard InChI is InChI=1S/C11H13N3OS/c1-5-8(4-9(12)11(15)13-5)10-6(2)16-7(3)14-10/h4H,12H2,1-3H3,(H,13,15). The fraction of sp³-hybridized carbons (Fsp3) is 0.273. The van der Waals surface area contributed by atoms with Crippen molar-refractivity contribution in [3.05, 3.63) is 32.0 Å². The van der Waals surface area contributed by atoms with E-state index in [4.69, 9.17) is 5.73 Å². The third-order valence-electron chi connectivity index (χ3n) is 2.43. The lowest BCUT2D eigenvalue weighted by molar-refractivity contribution is 1.14. The summed E-state index contributed by atoms with van der Waals surface area (Å²) in [7, 11) is 0. The smallest absolute Gasteiger partial charge is 0.271 e. The molecule has 0 aliphatic rings. The highest BCUT2D eigenvalue weighted by Crippen LogP contribution is 2.28. The van der Waals surface area contributed by atoms with Gasteiger partial charge in [-0.25, -0.2) is 4.98 Å². The minimum Gasteiger partial charge on any atom is -0.394 e. The van der Waals surface area contributed by atoms with Gasteiger partial charge in [0.1, 0.15) is 0 Å². The summed E-state index contributed by atoms with van der Waals surface area (Å²) >= 11 is 1.64. The largest absolute Gasteiger partial charge is 0.394 e. The number of rotatable bonds is 1. The van der Waals surface area contributed by atoms with Crippen LogP contribution in [0, 0.1) is 20.8 Å². The van der Waals surface area contributed by atoms with Crippen LogP contribution >= 0.6 is 11.3 Å². The van der Waals surface area contributed by atoms with Crippen LogP contribution in [-0.4, -0.2) is 9.97 Å². The van der Waals surface area contributed by atoms with Crippen LogP contribution < -0.4 is 11.3 Å². The second-order valence-corrected chi connectivity index (χ2v) is 5.14. The molecule has 0 aromatic carbocycles. The summed E-state index contributed by atoms with van der Waals surface area (Å²) in [6.45, 7) is 5.83. The number of H-pyrrole nitrogens is 1. The Bertz CT molecular complexity index is 598. The average molecular weight is 235 g/mol. The van der Waals surface area contributed by atoms with E-state index in [0.29, 0.717) is 0 Å². The van der Waals surface area contributed by atoms with E-state index in [1.54, 1.807) is 17.4 Å². The number of nitrogens with one attached hydrogen (secondary N) is 1. The molecule has 0 spiro atoms. The summed E-state index contributed by atoms with van der Waals surface area (Å²) in [6, 6.07) is 1.69. The molecule has 3 N–H and O–H groups in total. The summed E-state index contributed by atoms with van der Waals surface area (Å²) in [5, 5.41) is 1.01. The second-order valence-electron chi connectivity index (χ2n) is 3.73. The zero-order valence-electron chi connectivity index (χ0n) is 9.42. The number of aryl methyl sites for hydroxylation is 3. The van der Waals surface area contributed by atoms with Crippen LogP contribution in [0.25, 0.3) is 11.3 Å². The summed E-state index contributed by atoms with van der Waals surface area (Å²) in [5.74, 6) is 0. The molecule has 0 bridgehead atoms. The molecule has 0 aliphatic carbocycles. The van der Waals surface area contributed by atoms with Crippen LogP contribution in [0.1, 0.15) is 15.6 Å². The predicted molar refractivity (Wildman–Crippen MR) is 66.8 cm³/mol. The monoisotopic (exact) mass is 235 g/mol. The van der Waals surface area contributed by atoms with Crippen LogP contribution in [0.2, 0.25) is 0 Å². The van der Waals surface area contributed by atoms with Crippen molar-refractivity contribution in [2.75, 3.05) is 5.73 Å². The zero-order valence-corrected chi connectivity index (χ0v) is 10.2. The molecule has 2 heterocycles. The topological polar surface area (TPSA) is 71.8 Å². The molecule has 2 aromatic rings. The molecule has 0 fully saturated rings. The van der Waals surface area contributed by atoms with Gasteiger partial charge in [-0.15, -0.1) is 11.3 Å². The lowest BCUT2D eigenvalue weighted by atomic mass is 10.1. The van der Waals surface area contributed by atoms with E-state index in [1.807, 2.05) is 20.8 Å². The van der Waals surface area contributed by atoms with E-state index >= 15 is 0 Å².